The molecule has 24 heavy (non-hydrogen) atoms. The Morgan fingerprint density at radius 3 is 2.67 bits per heavy atom. The lowest BCUT2D eigenvalue weighted by Crippen LogP contribution is -2.43. The Hall–Kier alpha value is -2.37. The maximum absolute atomic E-state index is 12.4. The normalized spacial score (nSPS) is 17.2. The number of carbonyl (C=O) groups excluding carboxylic acids is 1. The Morgan fingerprint density at radius 1 is 1.08 bits per heavy atom. The van der Waals surface area contributed by atoms with Crippen LogP contribution in [0.2, 0.25) is 0 Å². The van der Waals surface area contributed by atoms with Crippen molar-refractivity contribution in [2.45, 2.75) is 18.9 Å². The van der Waals surface area contributed by atoms with Crippen molar-refractivity contribution in [1.82, 2.24) is 0 Å². The molecule has 3 N–H and O–H groups in total. The number of hydrogen-bond donors (Lipinski definition) is 2. The van der Waals surface area contributed by atoms with Crippen LogP contribution in [0.25, 0.3) is 21.9 Å². The summed E-state index contributed by atoms with van der Waals surface area (Å²) in [5.74, 6) is 0.0195. The zero-order chi connectivity index (χ0) is 16.5. The molecule has 1 aliphatic rings. The lowest BCUT2D eigenvalue weighted by atomic mass is 9.92. The summed E-state index contributed by atoms with van der Waals surface area (Å²) in [4.78, 5) is 12.4. The van der Waals surface area contributed by atoms with Crippen LogP contribution < -0.4 is 11.1 Å². The van der Waals surface area contributed by atoms with Gasteiger partial charge in [-0.15, -0.1) is 0 Å². The monoisotopic (exact) mass is 324 g/mol. The number of ether oxygens (including phenoxy) is 1. The SMILES string of the molecule is NC(C(=O)Nc1ccc2c(c1)oc1ccccc12)C1CCOCC1. The highest BCUT2D eigenvalue weighted by Crippen LogP contribution is 2.30. The average molecular weight is 324 g/mol. The number of para-hydroxylation sites is 1. The van der Waals surface area contributed by atoms with Crippen molar-refractivity contribution in [3.05, 3.63) is 42.5 Å². The van der Waals surface area contributed by atoms with Crippen LogP contribution in [0, 0.1) is 5.92 Å². The van der Waals surface area contributed by atoms with E-state index in [0.717, 1.165) is 34.8 Å². The van der Waals surface area contributed by atoms with E-state index in [0.29, 0.717) is 18.9 Å². The molecule has 0 radical (unpaired) electrons. The molecule has 1 aromatic heterocycles. The van der Waals surface area contributed by atoms with Gasteiger partial charge in [-0.1, -0.05) is 18.2 Å². The third-order valence-electron chi connectivity index (χ3n) is 4.72. The molecule has 1 amide bonds. The first-order valence-corrected chi connectivity index (χ1v) is 8.28. The summed E-state index contributed by atoms with van der Waals surface area (Å²) in [7, 11) is 0. The van der Waals surface area contributed by atoms with Crippen molar-refractivity contribution in [2.75, 3.05) is 18.5 Å². The van der Waals surface area contributed by atoms with Crippen molar-refractivity contribution in [3.63, 3.8) is 0 Å². The molecule has 1 unspecified atom stereocenters. The smallest absolute Gasteiger partial charge is 0.241 e. The lowest BCUT2D eigenvalue weighted by Gasteiger charge is -2.26. The number of nitrogens with one attached hydrogen (secondary N) is 1. The Labute approximate surface area is 139 Å². The first-order chi connectivity index (χ1) is 11.7. The largest absolute Gasteiger partial charge is 0.456 e. The van der Waals surface area contributed by atoms with Crippen molar-refractivity contribution >= 4 is 33.5 Å². The van der Waals surface area contributed by atoms with Crippen LogP contribution in [0.5, 0.6) is 0 Å². The summed E-state index contributed by atoms with van der Waals surface area (Å²) in [6, 6.07) is 13.1. The zero-order valence-corrected chi connectivity index (χ0v) is 13.3. The van der Waals surface area contributed by atoms with Gasteiger partial charge in [-0.05, 0) is 37.0 Å². The van der Waals surface area contributed by atoms with E-state index in [1.54, 1.807) is 0 Å². The summed E-state index contributed by atoms with van der Waals surface area (Å²) < 4.78 is 11.2. The van der Waals surface area contributed by atoms with Crippen LogP contribution in [0.15, 0.2) is 46.9 Å². The highest BCUT2D eigenvalue weighted by atomic mass is 16.5. The molecular formula is C19H20N2O3. The van der Waals surface area contributed by atoms with Gasteiger partial charge >= 0.3 is 0 Å². The lowest BCUT2D eigenvalue weighted by molar-refractivity contribution is -0.119. The fourth-order valence-corrected chi connectivity index (χ4v) is 3.32. The predicted octanol–water partition coefficient (Wildman–Crippen LogP) is 3.28. The van der Waals surface area contributed by atoms with Crippen molar-refractivity contribution in [3.8, 4) is 0 Å². The number of amides is 1. The number of anilines is 1. The van der Waals surface area contributed by atoms with Crippen molar-refractivity contribution in [1.29, 1.82) is 0 Å². The van der Waals surface area contributed by atoms with Gasteiger partial charge in [-0.3, -0.25) is 4.79 Å². The van der Waals surface area contributed by atoms with E-state index >= 15 is 0 Å². The van der Waals surface area contributed by atoms with Crippen LogP contribution in [-0.2, 0) is 9.53 Å². The molecule has 124 valence electrons. The number of benzene rings is 2. The van der Waals surface area contributed by atoms with Crippen molar-refractivity contribution in [2.24, 2.45) is 11.7 Å². The molecule has 1 aliphatic heterocycles. The minimum Gasteiger partial charge on any atom is -0.456 e. The summed E-state index contributed by atoms with van der Waals surface area (Å²) in [5.41, 5.74) is 8.43. The van der Waals surface area contributed by atoms with E-state index < -0.39 is 6.04 Å². The second kappa shape index (κ2) is 6.26. The third-order valence-corrected chi connectivity index (χ3v) is 4.72. The number of furan rings is 1. The van der Waals surface area contributed by atoms with Gasteiger partial charge in [0.05, 0.1) is 6.04 Å². The number of hydrogen-bond acceptors (Lipinski definition) is 4. The molecule has 0 bridgehead atoms. The molecule has 1 fully saturated rings. The fourth-order valence-electron chi connectivity index (χ4n) is 3.32. The van der Waals surface area contributed by atoms with E-state index in [9.17, 15) is 4.79 Å². The van der Waals surface area contributed by atoms with Crippen LogP contribution in [-0.4, -0.2) is 25.2 Å². The van der Waals surface area contributed by atoms with E-state index in [4.69, 9.17) is 14.9 Å². The van der Waals surface area contributed by atoms with E-state index in [1.807, 2.05) is 42.5 Å². The molecule has 0 aliphatic carbocycles. The van der Waals surface area contributed by atoms with E-state index in [1.165, 1.54) is 0 Å². The highest BCUT2D eigenvalue weighted by molar-refractivity contribution is 6.06. The van der Waals surface area contributed by atoms with Gasteiger partial charge in [0.15, 0.2) is 0 Å². The number of nitrogens with two attached hydrogens (primary N) is 1. The third kappa shape index (κ3) is 2.77. The van der Waals surface area contributed by atoms with E-state index in [-0.39, 0.29) is 11.8 Å². The fraction of sp³-hybridized carbons (Fsp3) is 0.316. The van der Waals surface area contributed by atoms with Gasteiger partial charge < -0.3 is 20.2 Å². The van der Waals surface area contributed by atoms with Crippen LogP contribution in [0.4, 0.5) is 5.69 Å². The maximum atomic E-state index is 12.4. The Morgan fingerprint density at radius 2 is 1.83 bits per heavy atom. The molecule has 2 aromatic carbocycles. The van der Waals surface area contributed by atoms with E-state index in [2.05, 4.69) is 5.32 Å². The molecule has 0 saturated carbocycles. The molecule has 3 aromatic rings. The number of fused-ring (bicyclic) bond motifs is 3. The molecule has 4 rings (SSSR count). The van der Waals surface area contributed by atoms with Crippen molar-refractivity contribution < 1.29 is 13.9 Å². The summed E-state index contributed by atoms with van der Waals surface area (Å²) >= 11 is 0. The molecule has 1 saturated heterocycles. The maximum Gasteiger partial charge on any atom is 0.241 e. The molecule has 0 spiro atoms. The molecular weight excluding hydrogens is 304 g/mol. The Balaban J connectivity index is 1.55. The zero-order valence-electron chi connectivity index (χ0n) is 13.3. The molecule has 1 atom stereocenters. The first kappa shape index (κ1) is 15.2. The van der Waals surface area contributed by atoms with Gasteiger partial charge in [0.25, 0.3) is 0 Å². The number of carbonyl (C=O) groups is 1. The molecule has 2 heterocycles. The summed E-state index contributed by atoms with van der Waals surface area (Å²) in [5, 5.41) is 5.02. The van der Waals surface area contributed by atoms with Crippen LogP contribution in [0.1, 0.15) is 12.8 Å². The van der Waals surface area contributed by atoms with Gasteiger partial charge in [0, 0.05) is 35.7 Å². The van der Waals surface area contributed by atoms with Gasteiger partial charge in [-0.2, -0.15) is 0 Å². The van der Waals surface area contributed by atoms with Gasteiger partial charge in [0.2, 0.25) is 5.91 Å². The second-order valence-corrected chi connectivity index (χ2v) is 6.27. The van der Waals surface area contributed by atoms with Gasteiger partial charge in [-0.25, -0.2) is 0 Å². The minimum absolute atomic E-state index is 0.155. The Kier molecular flexibility index (Phi) is 3.96. The predicted molar refractivity (Wildman–Crippen MR) is 93.9 cm³/mol. The standard InChI is InChI=1S/C19H20N2O3/c20-18(12-7-9-23-10-8-12)19(22)21-13-5-6-15-14-3-1-2-4-16(14)24-17(15)11-13/h1-6,11-12,18H,7-10,20H2,(H,21,22). The van der Waals surface area contributed by atoms with Crippen LogP contribution >= 0.6 is 0 Å². The quantitative estimate of drug-likeness (QED) is 0.775. The molecule has 5 heteroatoms. The topological polar surface area (TPSA) is 77.5 Å². The average Bonchev–Trinajstić information content (AvgIpc) is 2.99. The number of rotatable bonds is 3. The minimum atomic E-state index is -0.514. The summed E-state index contributed by atoms with van der Waals surface area (Å²) in [6.07, 6.45) is 1.66. The van der Waals surface area contributed by atoms with Gasteiger partial charge in [0.1, 0.15) is 11.2 Å². The first-order valence-electron chi connectivity index (χ1n) is 8.28. The Bertz CT molecular complexity index is 881. The molecule has 5 nitrogen and oxygen atoms in total. The highest BCUT2D eigenvalue weighted by Gasteiger charge is 2.26. The second-order valence-electron chi connectivity index (χ2n) is 6.27. The van der Waals surface area contributed by atoms with Crippen LogP contribution in [0.3, 0.4) is 0 Å². The summed E-state index contributed by atoms with van der Waals surface area (Å²) in [6.45, 7) is 1.35.